The summed E-state index contributed by atoms with van der Waals surface area (Å²) in [7, 11) is 0. The van der Waals surface area contributed by atoms with Gasteiger partial charge in [-0.3, -0.25) is 4.79 Å². The van der Waals surface area contributed by atoms with Crippen molar-refractivity contribution in [1.29, 1.82) is 0 Å². The zero-order valence-electron chi connectivity index (χ0n) is 20.1. The number of halogens is 2. The summed E-state index contributed by atoms with van der Waals surface area (Å²) >= 11 is 1.55. The first-order valence-electron chi connectivity index (χ1n) is 11.9. The Morgan fingerprint density at radius 2 is 1.83 bits per heavy atom. The monoisotopic (exact) mass is 513 g/mol. The summed E-state index contributed by atoms with van der Waals surface area (Å²) in [6.07, 6.45) is 1.48. The van der Waals surface area contributed by atoms with Crippen molar-refractivity contribution < 1.29 is 23.1 Å². The van der Waals surface area contributed by atoms with E-state index in [4.69, 9.17) is 4.74 Å². The number of thiophene rings is 1. The van der Waals surface area contributed by atoms with Gasteiger partial charge in [0.1, 0.15) is 18.2 Å². The molecule has 1 N–H and O–H groups in total. The highest BCUT2D eigenvalue weighted by molar-refractivity contribution is 7.10. The van der Waals surface area contributed by atoms with Gasteiger partial charge >= 0.3 is 6.03 Å². The van der Waals surface area contributed by atoms with Gasteiger partial charge in [-0.25, -0.2) is 13.6 Å². The van der Waals surface area contributed by atoms with E-state index >= 15 is 0 Å². The Hall–Kier alpha value is -3.30. The number of hydrogen-bond donors (Lipinski definition) is 1. The predicted octanol–water partition coefficient (Wildman–Crippen LogP) is 5.58. The van der Waals surface area contributed by atoms with Crippen LogP contribution in [0.5, 0.6) is 0 Å². The van der Waals surface area contributed by atoms with Crippen molar-refractivity contribution in [2.45, 2.75) is 39.0 Å². The Labute approximate surface area is 213 Å². The van der Waals surface area contributed by atoms with Crippen molar-refractivity contribution in [2.24, 2.45) is 0 Å². The summed E-state index contributed by atoms with van der Waals surface area (Å²) in [5, 5.41) is 4.55. The van der Waals surface area contributed by atoms with Crippen molar-refractivity contribution in [1.82, 2.24) is 9.80 Å². The molecule has 1 aliphatic rings. The van der Waals surface area contributed by atoms with Crippen LogP contribution in [0.3, 0.4) is 0 Å². The Balaban J connectivity index is 1.53. The molecule has 1 saturated heterocycles. The molecule has 0 bridgehead atoms. The van der Waals surface area contributed by atoms with Gasteiger partial charge in [0, 0.05) is 24.6 Å². The zero-order valence-corrected chi connectivity index (χ0v) is 20.9. The third-order valence-electron chi connectivity index (χ3n) is 6.12. The number of carbonyl (C=O) groups is 2. The molecule has 1 atom stereocenters. The van der Waals surface area contributed by atoms with Crippen molar-refractivity contribution in [3.63, 3.8) is 0 Å². The lowest BCUT2D eigenvalue weighted by atomic mass is 10.2. The van der Waals surface area contributed by atoms with Gasteiger partial charge in [-0.05, 0) is 66.6 Å². The van der Waals surface area contributed by atoms with E-state index < -0.39 is 11.8 Å². The number of rotatable bonds is 9. The molecule has 2 heterocycles. The second kappa shape index (κ2) is 12.1. The number of ether oxygens (including phenoxy) is 1. The van der Waals surface area contributed by atoms with Crippen LogP contribution in [0.1, 0.15) is 28.8 Å². The van der Waals surface area contributed by atoms with E-state index in [1.54, 1.807) is 40.5 Å². The maximum absolute atomic E-state index is 14.2. The molecule has 4 rings (SSSR count). The first kappa shape index (κ1) is 25.8. The maximum Gasteiger partial charge on any atom is 0.322 e. The normalized spacial score (nSPS) is 15.0. The van der Waals surface area contributed by atoms with Crippen LogP contribution in [0.25, 0.3) is 0 Å². The molecule has 0 saturated carbocycles. The number of urea groups is 1. The number of hydrogen-bond acceptors (Lipinski definition) is 4. The number of nitrogens with one attached hydrogen (secondary N) is 1. The standard InChI is InChI=1S/C27H29F2N3O3S/c1-19-12-14-36-25(19)17-31(15-20-8-10-21(28)11-9-20)26(33)18-32(16-22-5-4-13-35-22)27(34)30-24-7-3-2-6-23(24)29/h2-3,6-12,14,22H,4-5,13,15-18H2,1H3,(H,30,34)/t22-/m0/s1. The second-order valence-corrected chi connectivity index (χ2v) is 9.83. The molecule has 2 aromatic carbocycles. The van der Waals surface area contributed by atoms with Crippen LogP contribution in [-0.4, -0.2) is 47.5 Å². The molecule has 0 unspecified atom stereocenters. The molecule has 190 valence electrons. The molecular weight excluding hydrogens is 484 g/mol. The van der Waals surface area contributed by atoms with E-state index in [1.165, 1.54) is 29.2 Å². The average molecular weight is 514 g/mol. The Morgan fingerprint density at radius 1 is 1.06 bits per heavy atom. The third kappa shape index (κ3) is 6.89. The second-order valence-electron chi connectivity index (χ2n) is 8.83. The molecular formula is C27H29F2N3O3S. The quantitative estimate of drug-likeness (QED) is 0.407. The summed E-state index contributed by atoms with van der Waals surface area (Å²) < 4.78 is 33.3. The Morgan fingerprint density at radius 3 is 2.50 bits per heavy atom. The van der Waals surface area contributed by atoms with Crippen molar-refractivity contribution in [3.05, 3.63) is 87.6 Å². The fraction of sp³-hybridized carbons (Fsp3) is 0.333. The zero-order chi connectivity index (χ0) is 25.5. The molecule has 0 spiro atoms. The van der Waals surface area contributed by atoms with Crippen LogP contribution < -0.4 is 5.32 Å². The van der Waals surface area contributed by atoms with E-state index in [0.29, 0.717) is 13.2 Å². The first-order chi connectivity index (χ1) is 17.4. The number of benzene rings is 2. The van der Waals surface area contributed by atoms with E-state index in [1.807, 2.05) is 18.4 Å². The van der Waals surface area contributed by atoms with Gasteiger partial charge in [-0.2, -0.15) is 0 Å². The van der Waals surface area contributed by atoms with E-state index in [-0.39, 0.29) is 43.2 Å². The maximum atomic E-state index is 14.2. The molecule has 9 heteroatoms. The summed E-state index contributed by atoms with van der Waals surface area (Å²) in [6, 6.07) is 13.3. The van der Waals surface area contributed by atoms with Gasteiger partial charge in [-0.1, -0.05) is 24.3 Å². The fourth-order valence-electron chi connectivity index (χ4n) is 4.06. The largest absolute Gasteiger partial charge is 0.376 e. The van der Waals surface area contributed by atoms with Crippen LogP contribution in [0.2, 0.25) is 0 Å². The molecule has 0 radical (unpaired) electrons. The molecule has 3 amide bonds. The van der Waals surface area contributed by atoms with Gasteiger partial charge < -0.3 is 19.9 Å². The number of anilines is 1. The molecule has 1 aliphatic heterocycles. The Bertz CT molecular complexity index is 1180. The van der Waals surface area contributed by atoms with E-state index in [9.17, 15) is 18.4 Å². The summed E-state index contributed by atoms with van der Waals surface area (Å²) in [5.74, 6) is -1.17. The van der Waals surface area contributed by atoms with Gasteiger partial charge in [0.15, 0.2) is 0 Å². The highest BCUT2D eigenvalue weighted by atomic mass is 32.1. The predicted molar refractivity (Wildman–Crippen MR) is 136 cm³/mol. The summed E-state index contributed by atoms with van der Waals surface area (Å²) in [4.78, 5) is 30.8. The van der Waals surface area contributed by atoms with Crippen LogP contribution in [0.4, 0.5) is 19.3 Å². The number of aryl methyl sites for hydroxylation is 1. The lowest BCUT2D eigenvalue weighted by molar-refractivity contribution is -0.133. The number of para-hydroxylation sites is 1. The molecule has 1 fully saturated rings. The smallest absolute Gasteiger partial charge is 0.322 e. The fourth-order valence-corrected chi connectivity index (χ4v) is 4.98. The minimum absolute atomic E-state index is 0.0460. The molecule has 0 aliphatic carbocycles. The van der Waals surface area contributed by atoms with E-state index in [0.717, 1.165) is 28.8 Å². The highest BCUT2D eigenvalue weighted by Crippen LogP contribution is 2.21. The van der Waals surface area contributed by atoms with Crippen LogP contribution in [-0.2, 0) is 22.6 Å². The van der Waals surface area contributed by atoms with Gasteiger partial charge in [0.25, 0.3) is 0 Å². The van der Waals surface area contributed by atoms with Crippen molar-refractivity contribution >= 4 is 29.0 Å². The minimum atomic E-state index is -0.571. The van der Waals surface area contributed by atoms with Gasteiger partial charge in [0.05, 0.1) is 18.3 Å². The van der Waals surface area contributed by atoms with Crippen molar-refractivity contribution in [2.75, 3.05) is 25.0 Å². The van der Waals surface area contributed by atoms with Crippen molar-refractivity contribution in [3.8, 4) is 0 Å². The molecule has 1 aromatic heterocycles. The minimum Gasteiger partial charge on any atom is -0.376 e. The molecule has 36 heavy (non-hydrogen) atoms. The highest BCUT2D eigenvalue weighted by Gasteiger charge is 2.27. The van der Waals surface area contributed by atoms with Crippen LogP contribution in [0, 0.1) is 18.6 Å². The lowest BCUT2D eigenvalue weighted by Gasteiger charge is -2.29. The molecule has 3 aromatic rings. The van der Waals surface area contributed by atoms with Crippen LogP contribution >= 0.6 is 11.3 Å². The first-order valence-corrected chi connectivity index (χ1v) is 12.7. The Kier molecular flexibility index (Phi) is 8.66. The third-order valence-corrected chi connectivity index (χ3v) is 7.13. The average Bonchev–Trinajstić information content (AvgIpc) is 3.52. The SMILES string of the molecule is Cc1ccsc1CN(Cc1ccc(F)cc1)C(=O)CN(C[C@@H]1CCCO1)C(=O)Nc1ccccc1F. The van der Waals surface area contributed by atoms with Gasteiger partial charge in [0.2, 0.25) is 5.91 Å². The van der Waals surface area contributed by atoms with Gasteiger partial charge in [-0.15, -0.1) is 11.3 Å². The number of carbonyl (C=O) groups excluding carboxylic acids is 2. The lowest BCUT2D eigenvalue weighted by Crippen LogP contribution is -2.47. The topological polar surface area (TPSA) is 61.9 Å². The van der Waals surface area contributed by atoms with Crippen LogP contribution in [0.15, 0.2) is 60.0 Å². The summed E-state index contributed by atoms with van der Waals surface area (Å²) in [5.41, 5.74) is 1.90. The summed E-state index contributed by atoms with van der Waals surface area (Å²) in [6.45, 7) is 3.23. The number of amides is 3. The van der Waals surface area contributed by atoms with E-state index in [2.05, 4.69) is 5.32 Å². The number of nitrogens with zero attached hydrogens (tertiary/aromatic N) is 2. The molecule has 6 nitrogen and oxygen atoms in total.